The molecule has 2 nitrogen and oxygen atoms in total. The molecular weight excluding hydrogens is 306 g/mol. The largest absolute Gasteiger partial charge is 0.492 e. The Morgan fingerprint density at radius 1 is 0.800 bits per heavy atom. The lowest BCUT2D eigenvalue weighted by atomic mass is 10.0. The molecule has 130 valence electrons. The minimum atomic E-state index is 0.733. The molecule has 0 saturated carbocycles. The summed E-state index contributed by atoms with van der Waals surface area (Å²) in [5, 5.41) is 2.58. The van der Waals surface area contributed by atoms with Gasteiger partial charge >= 0.3 is 0 Å². The van der Waals surface area contributed by atoms with Gasteiger partial charge in [0.1, 0.15) is 12.4 Å². The van der Waals surface area contributed by atoms with Gasteiger partial charge in [0.05, 0.1) is 0 Å². The summed E-state index contributed by atoms with van der Waals surface area (Å²) in [6.07, 6.45) is 0.895. The van der Waals surface area contributed by atoms with Gasteiger partial charge in [-0.05, 0) is 41.1 Å². The lowest BCUT2D eigenvalue weighted by Gasteiger charge is -2.19. The smallest absolute Gasteiger partial charge is 0.122 e. The van der Waals surface area contributed by atoms with E-state index in [0.717, 1.165) is 38.4 Å². The molecular formula is C23H27NO. The van der Waals surface area contributed by atoms with Crippen molar-refractivity contribution in [3.63, 3.8) is 0 Å². The van der Waals surface area contributed by atoms with Gasteiger partial charge < -0.3 is 9.64 Å². The van der Waals surface area contributed by atoms with Crippen LogP contribution in [0.1, 0.15) is 25.0 Å². The Labute approximate surface area is 151 Å². The summed E-state index contributed by atoms with van der Waals surface area (Å²) in [6.45, 7) is 8.22. The van der Waals surface area contributed by atoms with Crippen LogP contribution in [-0.4, -0.2) is 31.1 Å². The van der Waals surface area contributed by atoms with Gasteiger partial charge in [0.15, 0.2) is 0 Å². The number of fused-ring (bicyclic) bond motifs is 1. The van der Waals surface area contributed by atoms with E-state index >= 15 is 0 Å². The first-order chi connectivity index (χ1) is 12.3. The third-order valence-electron chi connectivity index (χ3n) is 4.74. The third-order valence-corrected chi connectivity index (χ3v) is 4.74. The molecule has 3 rings (SSSR count). The van der Waals surface area contributed by atoms with Crippen LogP contribution >= 0.6 is 0 Å². The van der Waals surface area contributed by atoms with Crippen LogP contribution in [0.4, 0.5) is 0 Å². The van der Waals surface area contributed by atoms with Crippen molar-refractivity contribution in [1.29, 1.82) is 0 Å². The van der Waals surface area contributed by atoms with Crippen LogP contribution in [-0.2, 0) is 6.42 Å². The Hall–Kier alpha value is -2.32. The molecule has 0 N–H and O–H groups in total. The van der Waals surface area contributed by atoms with E-state index in [1.165, 1.54) is 21.9 Å². The number of nitrogens with zero attached hydrogens (tertiary/aromatic N) is 1. The van der Waals surface area contributed by atoms with E-state index in [0.29, 0.717) is 0 Å². The highest BCUT2D eigenvalue weighted by Gasteiger charge is 2.06. The number of rotatable bonds is 8. The topological polar surface area (TPSA) is 12.5 Å². The summed E-state index contributed by atoms with van der Waals surface area (Å²) in [5.41, 5.74) is 2.57. The van der Waals surface area contributed by atoms with Gasteiger partial charge in [0, 0.05) is 13.0 Å². The molecule has 0 heterocycles. The van der Waals surface area contributed by atoms with Crippen LogP contribution in [0.15, 0.2) is 66.7 Å². The van der Waals surface area contributed by atoms with Crippen LogP contribution in [0, 0.1) is 0 Å². The molecule has 0 radical (unpaired) electrons. The highest BCUT2D eigenvalue weighted by atomic mass is 16.5. The number of para-hydroxylation sites is 1. The Morgan fingerprint density at radius 3 is 2.32 bits per heavy atom. The molecule has 0 aliphatic rings. The molecule has 25 heavy (non-hydrogen) atoms. The number of likely N-dealkylation sites (N-methyl/N-ethyl adjacent to an activating group) is 1. The Bertz CT molecular complexity index is 808. The zero-order chi connectivity index (χ0) is 17.5. The normalized spacial score (nSPS) is 11.2. The summed E-state index contributed by atoms with van der Waals surface area (Å²) in [6, 6.07) is 23.6. The average molecular weight is 333 g/mol. The highest BCUT2D eigenvalue weighted by Crippen LogP contribution is 2.23. The van der Waals surface area contributed by atoms with Gasteiger partial charge in [-0.1, -0.05) is 74.5 Å². The van der Waals surface area contributed by atoms with E-state index in [-0.39, 0.29) is 0 Å². The average Bonchev–Trinajstić information content (AvgIpc) is 2.66. The van der Waals surface area contributed by atoms with Crippen molar-refractivity contribution < 1.29 is 4.74 Å². The number of benzene rings is 3. The molecule has 0 unspecified atom stereocenters. The molecule has 0 bridgehead atoms. The maximum Gasteiger partial charge on any atom is 0.122 e. The lowest BCUT2D eigenvalue weighted by Crippen LogP contribution is -2.28. The van der Waals surface area contributed by atoms with Gasteiger partial charge in [-0.25, -0.2) is 0 Å². The van der Waals surface area contributed by atoms with E-state index < -0.39 is 0 Å². The van der Waals surface area contributed by atoms with E-state index in [1.54, 1.807) is 0 Å². The van der Waals surface area contributed by atoms with Crippen LogP contribution in [0.2, 0.25) is 0 Å². The maximum absolute atomic E-state index is 6.09. The SMILES string of the molecule is CCN(CC)CCOc1ccccc1Cc1ccc2ccccc2c1. The Kier molecular flexibility index (Phi) is 6.08. The van der Waals surface area contributed by atoms with E-state index in [1.807, 2.05) is 0 Å². The molecule has 0 aromatic heterocycles. The van der Waals surface area contributed by atoms with Crippen molar-refractivity contribution in [3.05, 3.63) is 77.9 Å². The minimum absolute atomic E-state index is 0.733. The van der Waals surface area contributed by atoms with Crippen molar-refractivity contribution >= 4 is 10.8 Å². The molecule has 0 amide bonds. The molecule has 0 aliphatic carbocycles. The lowest BCUT2D eigenvalue weighted by molar-refractivity contribution is 0.222. The molecule has 3 aromatic rings. The summed E-state index contributed by atoms with van der Waals surface area (Å²) in [5.74, 6) is 1.00. The van der Waals surface area contributed by atoms with Crippen molar-refractivity contribution in [1.82, 2.24) is 4.90 Å². The fraction of sp³-hybridized carbons (Fsp3) is 0.304. The first kappa shape index (κ1) is 17.5. The molecule has 0 saturated heterocycles. The quantitative estimate of drug-likeness (QED) is 0.565. The van der Waals surface area contributed by atoms with Gasteiger partial charge in [-0.3, -0.25) is 0 Å². The van der Waals surface area contributed by atoms with Gasteiger partial charge in [-0.15, -0.1) is 0 Å². The van der Waals surface area contributed by atoms with E-state index in [4.69, 9.17) is 4.74 Å². The van der Waals surface area contributed by atoms with Gasteiger partial charge in [0.2, 0.25) is 0 Å². The molecule has 3 aromatic carbocycles. The maximum atomic E-state index is 6.09. The molecule has 0 fully saturated rings. The van der Waals surface area contributed by atoms with Crippen LogP contribution < -0.4 is 4.74 Å². The second kappa shape index (κ2) is 8.68. The molecule has 0 spiro atoms. The predicted molar refractivity (Wildman–Crippen MR) is 106 cm³/mol. The van der Waals surface area contributed by atoms with Crippen molar-refractivity contribution in [2.45, 2.75) is 20.3 Å². The van der Waals surface area contributed by atoms with Crippen LogP contribution in [0.3, 0.4) is 0 Å². The number of ether oxygens (including phenoxy) is 1. The van der Waals surface area contributed by atoms with Crippen molar-refractivity contribution in [2.75, 3.05) is 26.2 Å². The highest BCUT2D eigenvalue weighted by molar-refractivity contribution is 5.83. The zero-order valence-electron chi connectivity index (χ0n) is 15.2. The predicted octanol–water partition coefficient (Wildman–Crippen LogP) is 5.15. The zero-order valence-corrected chi connectivity index (χ0v) is 15.2. The summed E-state index contributed by atoms with van der Waals surface area (Å²) < 4.78 is 6.09. The Balaban J connectivity index is 1.71. The second-order valence-electron chi connectivity index (χ2n) is 6.34. The molecule has 0 aliphatic heterocycles. The van der Waals surface area contributed by atoms with Crippen molar-refractivity contribution in [3.8, 4) is 5.75 Å². The first-order valence-electron chi connectivity index (χ1n) is 9.21. The number of hydrogen-bond acceptors (Lipinski definition) is 2. The van der Waals surface area contributed by atoms with E-state index in [9.17, 15) is 0 Å². The summed E-state index contributed by atoms with van der Waals surface area (Å²) in [7, 11) is 0. The standard InChI is InChI=1S/C23H27NO/c1-3-24(4-2)15-16-25-23-12-8-7-11-22(23)18-19-13-14-20-9-5-6-10-21(20)17-19/h5-14,17H,3-4,15-16,18H2,1-2H3. The van der Waals surface area contributed by atoms with Gasteiger partial charge in [-0.2, -0.15) is 0 Å². The summed E-state index contributed by atoms with van der Waals surface area (Å²) >= 11 is 0. The van der Waals surface area contributed by atoms with E-state index in [2.05, 4.69) is 85.5 Å². The van der Waals surface area contributed by atoms with Crippen LogP contribution in [0.5, 0.6) is 5.75 Å². The first-order valence-corrected chi connectivity index (χ1v) is 9.21. The van der Waals surface area contributed by atoms with Gasteiger partial charge in [0.25, 0.3) is 0 Å². The minimum Gasteiger partial charge on any atom is -0.492 e. The fourth-order valence-electron chi connectivity index (χ4n) is 3.18. The number of hydrogen-bond donors (Lipinski definition) is 0. The fourth-order valence-corrected chi connectivity index (χ4v) is 3.18. The Morgan fingerprint density at radius 2 is 1.52 bits per heavy atom. The van der Waals surface area contributed by atoms with Crippen LogP contribution in [0.25, 0.3) is 10.8 Å². The molecule has 2 heteroatoms. The third kappa shape index (κ3) is 4.61. The summed E-state index contributed by atoms with van der Waals surface area (Å²) in [4.78, 5) is 2.38. The van der Waals surface area contributed by atoms with Crippen molar-refractivity contribution in [2.24, 2.45) is 0 Å². The second-order valence-corrected chi connectivity index (χ2v) is 6.34. The monoisotopic (exact) mass is 333 g/mol. The molecule has 0 atom stereocenters.